The van der Waals surface area contributed by atoms with E-state index in [4.69, 9.17) is 0 Å². The number of hydrogen-bond donors (Lipinski definition) is 1. The molecule has 2 rings (SSSR count). The lowest BCUT2D eigenvalue weighted by molar-refractivity contribution is 0.0654. The summed E-state index contributed by atoms with van der Waals surface area (Å²) in [5.41, 5.74) is 0. The number of rotatable bonds is 2. The summed E-state index contributed by atoms with van der Waals surface area (Å²) >= 11 is 0. The van der Waals surface area contributed by atoms with Gasteiger partial charge in [-0.2, -0.15) is 0 Å². The summed E-state index contributed by atoms with van der Waals surface area (Å²) < 4.78 is 0. The minimum atomic E-state index is 0.737. The van der Waals surface area contributed by atoms with E-state index in [-0.39, 0.29) is 0 Å². The Morgan fingerprint density at radius 1 is 1.36 bits per heavy atom. The van der Waals surface area contributed by atoms with Crippen molar-refractivity contribution in [3.8, 4) is 0 Å². The van der Waals surface area contributed by atoms with Crippen molar-refractivity contribution in [3.63, 3.8) is 0 Å². The first-order valence-electron chi connectivity index (χ1n) is 6.11. The molecular weight excluding hydrogens is 172 g/mol. The highest BCUT2D eigenvalue weighted by Gasteiger charge is 2.34. The molecule has 14 heavy (non-hydrogen) atoms. The molecule has 0 radical (unpaired) electrons. The predicted molar refractivity (Wildman–Crippen MR) is 60.3 cm³/mol. The third kappa shape index (κ3) is 2.29. The Labute approximate surface area is 88.1 Å². The van der Waals surface area contributed by atoms with Crippen LogP contribution in [0.5, 0.6) is 0 Å². The van der Waals surface area contributed by atoms with E-state index in [1.807, 2.05) is 0 Å². The van der Waals surface area contributed by atoms with Gasteiger partial charge in [-0.15, -0.1) is 0 Å². The summed E-state index contributed by atoms with van der Waals surface area (Å²) in [6.07, 6.45) is 1.46. The van der Waals surface area contributed by atoms with Gasteiger partial charge in [0.1, 0.15) is 0 Å². The van der Waals surface area contributed by atoms with Crippen LogP contribution in [0, 0.1) is 17.8 Å². The van der Waals surface area contributed by atoms with Gasteiger partial charge in [0.15, 0.2) is 0 Å². The Morgan fingerprint density at radius 2 is 2.14 bits per heavy atom. The van der Waals surface area contributed by atoms with Crippen LogP contribution < -0.4 is 5.32 Å². The molecule has 2 heterocycles. The molecule has 1 N–H and O–H groups in total. The van der Waals surface area contributed by atoms with Gasteiger partial charge in [0.25, 0.3) is 0 Å². The molecule has 2 nitrogen and oxygen atoms in total. The zero-order chi connectivity index (χ0) is 10.1. The molecule has 2 saturated heterocycles. The second kappa shape index (κ2) is 4.19. The molecule has 0 aromatic heterocycles. The average molecular weight is 196 g/mol. The molecule has 0 unspecified atom stereocenters. The lowest BCUT2D eigenvalue weighted by atomic mass is 9.81. The lowest BCUT2D eigenvalue weighted by Gasteiger charge is -2.45. The van der Waals surface area contributed by atoms with Crippen LogP contribution in [-0.2, 0) is 0 Å². The molecule has 0 aliphatic carbocycles. The van der Waals surface area contributed by atoms with Gasteiger partial charge in [-0.3, -0.25) is 0 Å². The van der Waals surface area contributed by atoms with Crippen molar-refractivity contribution in [1.82, 2.24) is 10.2 Å². The van der Waals surface area contributed by atoms with Crippen LogP contribution in [0.1, 0.15) is 27.2 Å². The highest BCUT2D eigenvalue weighted by Crippen LogP contribution is 2.28. The van der Waals surface area contributed by atoms with Gasteiger partial charge in [-0.1, -0.05) is 13.8 Å². The molecule has 2 heteroatoms. The number of hydrogen-bond acceptors (Lipinski definition) is 2. The van der Waals surface area contributed by atoms with Gasteiger partial charge < -0.3 is 10.2 Å². The SMILES string of the molecule is CC(C)CN1C[C@@H]2CN[C@@H](C)[C@@H](C2)C1. The maximum atomic E-state index is 3.63. The molecule has 2 fully saturated rings. The van der Waals surface area contributed by atoms with Gasteiger partial charge in [0, 0.05) is 25.7 Å². The molecule has 3 atom stereocenters. The number of nitrogens with one attached hydrogen (secondary N) is 1. The van der Waals surface area contributed by atoms with Crippen LogP contribution in [0.25, 0.3) is 0 Å². The Kier molecular flexibility index (Phi) is 3.13. The Balaban J connectivity index is 1.91. The molecule has 2 bridgehead atoms. The van der Waals surface area contributed by atoms with Crippen molar-refractivity contribution >= 4 is 0 Å². The third-order valence-corrected chi connectivity index (χ3v) is 3.70. The maximum absolute atomic E-state index is 3.63. The zero-order valence-electron chi connectivity index (χ0n) is 9.79. The molecule has 0 amide bonds. The molecule has 0 aromatic rings. The Bertz CT molecular complexity index is 191. The van der Waals surface area contributed by atoms with Crippen LogP contribution in [-0.4, -0.2) is 37.1 Å². The largest absolute Gasteiger partial charge is 0.314 e. The molecule has 0 aromatic carbocycles. The minimum absolute atomic E-state index is 0.737. The lowest BCUT2D eigenvalue weighted by Crippen LogP contribution is -2.55. The van der Waals surface area contributed by atoms with E-state index in [1.54, 1.807) is 0 Å². The van der Waals surface area contributed by atoms with Crippen LogP contribution in [0.15, 0.2) is 0 Å². The monoisotopic (exact) mass is 196 g/mol. The van der Waals surface area contributed by atoms with Crippen molar-refractivity contribution in [1.29, 1.82) is 0 Å². The Hall–Kier alpha value is -0.0800. The number of likely N-dealkylation sites (tertiary alicyclic amines) is 1. The topological polar surface area (TPSA) is 15.3 Å². The quantitative estimate of drug-likeness (QED) is 0.721. The summed E-state index contributed by atoms with van der Waals surface area (Å²) in [6, 6.07) is 0.737. The first-order chi connectivity index (χ1) is 6.65. The molecular formula is C12H24N2. The standard InChI is InChI=1S/C12H24N2/c1-9(2)6-14-7-11-4-12(8-14)10(3)13-5-11/h9-13H,4-8H2,1-3H3/t10-,11-,12-/m0/s1. The zero-order valence-corrected chi connectivity index (χ0v) is 9.79. The van der Waals surface area contributed by atoms with E-state index < -0.39 is 0 Å². The summed E-state index contributed by atoms with van der Waals surface area (Å²) in [4.78, 5) is 2.68. The fourth-order valence-corrected chi connectivity index (χ4v) is 3.04. The molecule has 0 saturated carbocycles. The van der Waals surface area contributed by atoms with Crippen LogP contribution in [0.3, 0.4) is 0 Å². The van der Waals surface area contributed by atoms with Crippen molar-refractivity contribution in [2.45, 2.75) is 33.2 Å². The second-order valence-electron chi connectivity index (χ2n) is 5.67. The predicted octanol–water partition coefficient (Wildman–Crippen LogP) is 1.57. The van der Waals surface area contributed by atoms with Gasteiger partial charge in [0.05, 0.1) is 0 Å². The Morgan fingerprint density at radius 3 is 2.86 bits per heavy atom. The van der Waals surface area contributed by atoms with E-state index >= 15 is 0 Å². The van der Waals surface area contributed by atoms with E-state index in [0.717, 1.165) is 23.8 Å². The van der Waals surface area contributed by atoms with E-state index in [9.17, 15) is 0 Å². The smallest absolute Gasteiger partial charge is 0.00794 e. The molecule has 2 aliphatic rings. The summed E-state index contributed by atoms with van der Waals surface area (Å²) in [5, 5.41) is 3.63. The summed E-state index contributed by atoms with van der Waals surface area (Å²) in [5.74, 6) is 2.64. The summed E-state index contributed by atoms with van der Waals surface area (Å²) in [6.45, 7) is 12.2. The highest BCUT2D eigenvalue weighted by molar-refractivity contribution is 4.90. The van der Waals surface area contributed by atoms with E-state index in [0.29, 0.717) is 0 Å². The molecule has 2 aliphatic heterocycles. The fraction of sp³-hybridized carbons (Fsp3) is 1.00. The first-order valence-corrected chi connectivity index (χ1v) is 6.11. The summed E-state index contributed by atoms with van der Waals surface area (Å²) in [7, 11) is 0. The number of fused-ring (bicyclic) bond motifs is 2. The van der Waals surface area contributed by atoms with Crippen molar-refractivity contribution < 1.29 is 0 Å². The normalized spacial score (nSPS) is 39.0. The number of nitrogens with zero attached hydrogens (tertiary/aromatic N) is 1. The highest BCUT2D eigenvalue weighted by atomic mass is 15.2. The molecule has 0 spiro atoms. The molecule has 82 valence electrons. The first kappa shape index (κ1) is 10.4. The van der Waals surface area contributed by atoms with Gasteiger partial charge in [0.2, 0.25) is 0 Å². The van der Waals surface area contributed by atoms with Crippen LogP contribution in [0.4, 0.5) is 0 Å². The fourth-order valence-electron chi connectivity index (χ4n) is 3.04. The average Bonchev–Trinajstić information content (AvgIpc) is 2.11. The van der Waals surface area contributed by atoms with Gasteiger partial charge in [-0.25, -0.2) is 0 Å². The van der Waals surface area contributed by atoms with E-state index in [2.05, 4.69) is 31.0 Å². The maximum Gasteiger partial charge on any atom is 0.00794 e. The third-order valence-electron chi connectivity index (χ3n) is 3.70. The van der Waals surface area contributed by atoms with E-state index in [1.165, 1.54) is 32.6 Å². The van der Waals surface area contributed by atoms with Crippen molar-refractivity contribution in [2.24, 2.45) is 17.8 Å². The number of piperidine rings is 2. The van der Waals surface area contributed by atoms with Crippen molar-refractivity contribution in [2.75, 3.05) is 26.2 Å². The van der Waals surface area contributed by atoms with Crippen LogP contribution in [0.2, 0.25) is 0 Å². The van der Waals surface area contributed by atoms with Gasteiger partial charge >= 0.3 is 0 Å². The van der Waals surface area contributed by atoms with Crippen LogP contribution >= 0.6 is 0 Å². The minimum Gasteiger partial charge on any atom is -0.314 e. The second-order valence-corrected chi connectivity index (χ2v) is 5.67. The van der Waals surface area contributed by atoms with Crippen molar-refractivity contribution in [3.05, 3.63) is 0 Å². The van der Waals surface area contributed by atoms with Gasteiger partial charge in [-0.05, 0) is 37.6 Å².